The first-order chi connectivity index (χ1) is 12.3. The summed E-state index contributed by atoms with van der Waals surface area (Å²) in [7, 11) is -3.94. The topological polar surface area (TPSA) is 75.3 Å². The molecule has 138 valence electrons. The standard InChI is InChI=1S/C19H21FN2O3S/c1-13-9-10-17(12-18(13)20)26(24,25)22-16-8-4-5-14(11-16)19(23)21-15-6-2-3-7-15/h4-5,8-12,15,22H,2-3,6-7H2,1H3,(H,21,23). The lowest BCUT2D eigenvalue weighted by Crippen LogP contribution is -2.32. The highest BCUT2D eigenvalue weighted by Gasteiger charge is 2.19. The average Bonchev–Trinajstić information content (AvgIpc) is 3.10. The maximum atomic E-state index is 13.7. The first-order valence-corrected chi connectivity index (χ1v) is 10.0. The van der Waals surface area contributed by atoms with Crippen molar-refractivity contribution in [1.29, 1.82) is 0 Å². The molecule has 2 aromatic rings. The van der Waals surface area contributed by atoms with Gasteiger partial charge in [-0.05, 0) is 55.7 Å². The summed E-state index contributed by atoms with van der Waals surface area (Å²) in [4.78, 5) is 12.2. The van der Waals surface area contributed by atoms with Crippen LogP contribution in [0.2, 0.25) is 0 Å². The van der Waals surface area contributed by atoms with Crippen LogP contribution in [0.3, 0.4) is 0 Å². The summed E-state index contributed by atoms with van der Waals surface area (Å²) in [5.74, 6) is -0.808. The van der Waals surface area contributed by atoms with Crippen LogP contribution in [0.25, 0.3) is 0 Å². The zero-order valence-corrected chi connectivity index (χ0v) is 15.3. The summed E-state index contributed by atoms with van der Waals surface area (Å²) in [5.41, 5.74) is 1.01. The summed E-state index contributed by atoms with van der Waals surface area (Å²) in [6.45, 7) is 1.56. The second kappa shape index (κ2) is 7.45. The number of carbonyl (C=O) groups is 1. The molecule has 0 aromatic heterocycles. The number of rotatable bonds is 5. The summed E-state index contributed by atoms with van der Waals surface area (Å²) in [6.07, 6.45) is 4.16. The van der Waals surface area contributed by atoms with Crippen molar-refractivity contribution in [3.63, 3.8) is 0 Å². The fourth-order valence-corrected chi connectivity index (χ4v) is 4.08. The van der Waals surface area contributed by atoms with Crippen LogP contribution in [0, 0.1) is 12.7 Å². The second-order valence-electron chi connectivity index (χ2n) is 6.55. The number of carbonyl (C=O) groups excluding carboxylic acids is 1. The van der Waals surface area contributed by atoms with E-state index in [-0.39, 0.29) is 22.5 Å². The van der Waals surface area contributed by atoms with Gasteiger partial charge in [0, 0.05) is 17.3 Å². The van der Waals surface area contributed by atoms with Crippen LogP contribution < -0.4 is 10.0 Å². The molecule has 1 fully saturated rings. The van der Waals surface area contributed by atoms with Crippen molar-refractivity contribution in [3.05, 3.63) is 59.4 Å². The van der Waals surface area contributed by atoms with Crippen molar-refractivity contribution >= 4 is 21.6 Å². The van der Waals surface area contributed by atoms with Crippen LogP contribution in [-0.4, -0.2) is 20.4 Å². The highest BCUT2D eigenvalue weighted by molar-refractivity contribution is 7.92. The van der Waals surface area contributed by atoms with E-state index in [0.717, 1.165) is 31.7 Å². The van der Waals surface area contributed by atoms with E-state index < -0.39 is 15.8 Å². The molecule has 1 aliphatic carbocycles. The molecular weight excluding hydrogens is 355 g/mol. The molecule has 0 aliphatic heterocycles. The molecule has 3 rings (SSSR count). The third-order valence-electron chi connectivity index (χ3n) is 4.52. The van der Waals surface area contributed by atoms with Crippen LogP contribution in [0.1, 0.15) is 41.6 Å². The quantitative estimate of drug-likeness (QED) is 0.837. The Morgan fingerprint density at radius 3 is 2.54 bits per heavy atom. The Morgan fingerprint density at radius 2 is 1.85 bits per heavy atom. The lowest BCUT2D eigenvalue weighted by atomic mass is 10.1. The number of amides is 1. The third-order valence-corrected chi connectivity index (χ3v) is 5.90. The summed E-state index contributed by atoms with van der Waals surface area (Å²) < 4.78 is 41.0. The summed E-state index contributed by atoms with van der Waals surface area (Å²) >= 11 is 0. The van der Waals surface area contributed by atoms with Crippen LogP contribution in [-0.2, 0) is 10.0 Å². The van der Waals surface area contributed by atoms with Gasteiger partial charge < -0.3 is 5.32 Å². The van der Waals surface area contributed by atoms with Crippen molar-refractivity contribution in [2.45, 2.75) is 43.5 Å². The van der Waals surface area contributed by atoms with E-state index in [4.69, 9.17) is 0 Å². The molecule has 0 spiro atoms. The second-order valence-corrected chi connectivity index (χ2v) is 8.23. The minimum atomic E-state index is -3.94. The van der Waals surface area contributed by atoms with Gasteiger partial charge in [-0.1, -0.05) is 25.0 Å². The van der Waals surface area contributed by atoms with Gasteiger partial charge in [0.15, 0.2) is 0 Å². The van der Waals surface area contributed by atoms with E-state index in [2.05, 4.69) is 10.0 Å². The number of aryl methyl sites for hydroxylation is 1. The fraction of sp³-hybridized carbons (Fsp3) is 0.316. The van der Waals surface area contributed by atoms with Crippen LogP contribution >= 0.6 is 0 Å². The van der Waals surface area contributed by atoms with Gasteiger partial charge in [0.25, 0.3) is 15.9 Å². The first-order valence-electron chi connectivity index (χ1n) is 8.55. The highest BCUT2D eigenvalue weighted by atomic mass is 32.2. The normalized spacial score (nSPS) is 15.0. The van der Waals surface area contributed by atoms with Gasteiger partial charge in [-0.2, -0.15) is 0 Å². The Morgan fingerprint density at radius 1 is 1.12 bits per heavy atom. The predicted molar refractivity (Wildman–Crippen MR) is 98.1 cm³/mol. The van der Waals surface area contributed by atoms with E-state index in [1.165, 1.54) is 18.2 Å². The van der Waals surface area contributed by atoms with Crippen molar-refractivity contribution < 1.29 is 17.6 Å². The van der Waals surface area contributed by atoms with E-state index in [9.17, 15) is 17.6 Å². The van der Waals surface area contributed by atoms with E-state index in [0.29, 0.717) is 11.1 Å². The van der Waals surface area contributed by atoms with Gasteiger partial charge in [-0.25, -0.2) is 12.8 Å². The monoisotopic (exact) mass is 376 g/mol. The van der Waals surface area contributed by atoms with Crippen LogP contribution in [0.4, 0.5) is 10.1 Å². The molecule has 0 heterocycles. The Balaban J connectivity index is 1.77. The molecule has 7 heteroatoms. The molecule has 0 bridgehead atoms. The molecule has 1 saturated carbocycles. The number of hydrogen-bond donors (Lipinski definition) is 2. The van der Waals surface area contributed by atoms with Gasteiger partial charge in [0.05, 0.1) is 4.90 Å². The number of nitrogens with one attached hydrogen (secondary N) is 2. The molecule has 26 heavy (non-hydrogen) atoms. The number of hydrogen-bond acceptors (Lipinski definition) is 3. The first kappa shape index (κ1) is 18.4. The molecule has 0 unspecified atom stereocenters. The molecule has 0 atom stereocenters. The largest absolute Gasteiger partial charge is 0.349 e. The fourth-order valence-electron chi connectivity index (χ4n) is 3.02. The number of halogens is 1. The third kappa shape index (κ3) is 4.22. The lowest BCUT2D eigenvalue weighted by molar-refractivity contribution is 0.0938. The van der Waals surface area contributed by atoms with Crippen LogP contribution in [0.5, 0.6) is 0 Å². The average molecular weight is 376 g/mol. The Kier molecular flexibility index (Phi) is 5.27. The molecule has 1 aliphatic rings. The van der Waals surface area contributed by atoms with Gasteiger partial charge >= 0.3 is 0 Å². The zero-order chi connectivity index (χ0) is 18.7. The van der Waals surface area contributed by atoms with Crippen molar-refractivity contribution in [2.75, 3.05) is 4.72 Å². The SMILES string of the molecule is Cc1ccc(S(=O)(=O)Nc2cccc(C(=O)NC3CCCC3)c2)cc1F. The predicted octanol–water partition coefficient (Wildman–Crippen LogP) is 3.61. The van der Waals surface area contributed by atoms with E-state index in [1.807, 2.05) is 0 Å². The van der Waals surface area contributed by atoms with Gasteiger partial charge in [0.1, 0.15) is 5.82 Å². The van der Waals surface area contributed by atoms with Crippen molar-refractivity contribution in [1.82, 2.24) is 5.32 Å². The van der Waals surface area contributed by atoms with Crippen molar-refractivity contribution in [3.8, 4) is 0 Å². The summed E-state index contributed by atoms with van der Waals surface area (Å²) in [5, 5.41) is 2.96. The number of benzene rings is 2. The van der Waals surface area contributed by atoms with Crippen LogP contribution in [0.15, 0.2) is 47.4 Å². The Hall–Kier alpha value is -2.41. The smallest absolute Gasteiger partial charge is 0.261 e. The number of sulfonamides is 1. The maximum absolute atomic E-state index is 13.7. The van der Waals surface area contributed by atoms with Crippen molar-refractivity contribution in [2.24, 2.45) is 0 Å². The molecule has 0 radical (unpaired) electrons. The van der Waals surface area contributed by atoms with E-state index in [1.54, 1.807) is 25.1 Å². The minimum Gasteiger partial charge on any atom is -0.349 e. The van der Waals surface area contributed by atoms with Gasteiger partial charge in [0.2, 0.25) is 0 Å². The zero-order valence-electron chi connectivity index (χ0n) is 14.5. The van der Waals surface area contributed by atoms with Gasteiger partial charge in [-0.15, -0.1) is 0 Å². The molecule has 1 amide bonds. The molecule has 2 N–H and O–H groups in total. The molecular formula is C19H21FN2O3S. The minimum absolute atomic E-state index is 0.165. The summed E-state index contributed by atoms with van der Waals surface area (Å²) in [6, 6.07) is 10.2. The van der Waals surface area contributed by atoms with Gasteiger partial charge in [-0.3, -0.25) is 9.52 Å². The Bertz CT molecular complexity index is 922. The number of anilines is 1. The Labute approximate surface area is 152 Å². The highest BCUT2D eigenvalue weighted by Crippen LogP contribution is 2.21. The van der Waals surface area contributed by atoms with E-state index >= 15 is 0 Å². The molecule has 0 saturated heterocycles. The molecule has 2 aromatic carbocycles. The maximum Gasteiger partial charge on any atom is 0.261 e. The molecule has 5 nitrogen and oxygen atoms in total. The lowest BCUT2D eigenvalue weighted by Gasteiger charge is -2.13.